The van der Waals surface area contributed by atoms with Crippen molar-refractivity contribution in [3.05, 3.63) is 81.7 Å². The van der Waals surface area contributed by atoms with Crippen LogP contribution in [0, 0.1) is 6.92 Å². The molecule has 1 aromatic heterocycles. The van der Waals surface area contributed by atoms with Gasteiger partial charge < -0.3 is 9.73 Å². The number of hydrogen-bond donors (Lipinski definition) is 1. The van der Waals surface area contributed by atoms with Crippen LogP contribution in [0.25, 0.3) is 11.0 Å². The van der Waals surface area contributed by atoms with Gasteiger partial charge in [0.15, 0.2) is 0 Å². The van der Waals surface area contributed by atoms with E-state index in [4.69, 9.17) is 4.42 Å². The first-order valence-electron chi connectivity index (χ1n) is 7.51. The van der Waals surface area contributed by atoms with E-state index >= 15 is 0 Å². The summed E-state index contributed by atoms with van der Waals surface area (Å²) in [6.45, 7) is 2.33. The maximum Gasteiger partial charge on any atom is 0.349 e. The fraction of sp³-hybridized carbons (Fsp3) is 0.158. The first-order chi connectivity index (χ1) is 11.1. The van der Waals surface area contributed by atoms with Crippen LogP contribution in [0.1, 0.15) is 21.5 Å². The third-order valence-corrected chi connectivity index (χ3v) is 3.74. The monoisotopic (exact) mass is 307 g/mol. The van der Waals surface area contributed by atoms with E-state index in [9.17, 15) is 9.59 Å². The van der Waals surface area contributed by atoms with Gasteiger partial charge in [-0.3, -0.25) is 4.79 Å². The van der Waals surface area contributed by atoms with Gasteiger partial charge in [-0.15, -0.1) is 0 Å². The number of para-hydroxylation sites is 1. The number of carbonyl (C=O) groups is 1. The van der Waals surface area contributed by atoms with E-state index in [0.717, 1.165) is 16.5 Å². The average Bonchev–Trinajstić information content (AvgIpc) is 2.56. The summed E-state index contributed by atoms with van der Waals surface area (Å²) < 4.78 is 5.29. The first kappa shape index (κ1) is 15.0. The highest BCUT2D eigenvalue weighted by Crippen LogP contribution is 2.17. The molecule has 0 aliphatic carbocycles. The van der Waals surface area contributed by atoms with Crippen LogP contribution in [0.5, 0.6) is 0 Å². The van der Waals surface area contributed by atoms with Crippen molar-refractivity contribution in [3.63, 3.8) is 0 Å². The van der Waals surface area contributed by atoms with Crippen LogP contribution >= 0.6 is 0 Å². The van der Waals surface area contributed by atoms with E-state index in [0.29, 0.717) is 18.5 Å². The van der Waals surface area contributed by atoms with E-state index < -0.39 is 11.5 Å². The summed E-state index contributed by atoms with van der Waals surface area (Å²) in [6.07, 6.45) is 0.713. The molecule has 2 aromatic carbocycles. The average molecular weight is 307 g/mol. The summed E-state index contributed by atoms with van der Waals surface area (Å²) in [4.78, 5) is 24.2. The van der Waals surface area contributed by atoms with Gasteiger partial charge in [0.1, 0.15) is 11.1 Å². The van der Waals surface area contributed by atoms with Crippen LogP contribution in [-0.4, -0.2) is 12.5 Å². The Hall–Kier alpha value is -2.88. The highest BCUT2D eigenvalue weighted by molar-refractivity contribution is 5.96. The molecule has 1 N–H and O–H groups in total. The number of aryl methyl sites for hydroxylation is 1. The lowest BCUT2D eigenvalue weighted by molar-refractivity contribution is 0.0950. The Labute approximate surface area is 133 Å². The number of nitrogens with one attached hydrogen (secondary N) is 1. The molecule has 0 unspecified atom stereocenters. The van der Waals surface area contributed by atoms with Crippen molar-refractivity contribution in [2.24, 2.45) is 0 Å². The molecule has 0 aliphatic rings. The summed E-state index contributed by atoms with van der Waals surface area (Å²) in [5.74, 6) is -0.405. The SMILES string of the molecule is Cc1cccc2cc(C(=O)NCCc3ccccc3)c(=O)oc12. The number of benzene rings is 2. The molecule has 0 aliphatic heterocycles. The molecule has 1 heterocycles. The van der Waals surface area contributed by atoms with Crippen molar-refractivity contribution in [1.29, 1.82) is 0 Å². The van der Waals surface area contributed by atoms with E-state index in [1.165, 1.54) is 0 Å². The summed E-state index contributed by atoms with van der Waals surface area (Å²) in [5.41, 5.74) is 1.96. The van der Waals surface area contributed by atoms with Gasteiger partial charge in [-0.2, -0.15) is 0 Å². The molecule has 0 atom stereocenters. The number of rotatable bonds is 4. The maximum atomic E-state index is 12.2. The smallest absolute Gasteiger partial charge is 0.349 e. The van der Waals surface area contributed by atoms with Crippen LogP contribution in [-0.2, 0) is 6.42 Å². The Balaban J connectivity index is 1.76. The molecule has 23 heavy (non-hydrogen) atoms. The minimum absolute atomic E-state index is 0.0381. The number of fused-ring (bicyclic) bond motifs is 1. The Morgan fingerprint density at radius 2 is 1.87 bits per heavy atom. The number of carbonyl (C=O) groups excluding carboxylic acids is 1. The standard InChI is InChI=1S/C19H17NO3/c1-13-6-5-9-15-12-16(19(22)23-17(13)15)18(21)20-11-10-14-7-3-2-4-8-14/h2-9,12H,10-11H2,1H3,(H,20,21). The minimum atomic E-state index is -0.607. The van der Waals surface area contributed by atoms with Gasteiger partial charge in [-0.1, -0.05) is 48.5 Å². The van der Waals surface area contributed by atoms with Crippen LogP contribution in [0.4, 0.5) is 0 Å². The molecule has 4 nitrogen and oxygen atoms in total. The summed E-state index contributed by atoms with van der Waals surface area (Å²) in [5, 5.41) is 3.52. The second-order valence-electron chi connectivity index (χ2n) is 5.43. The predicted molar refractivity (Wildman–Crippen MR) is 89.7 cm³/mol. The largest absolute Gasteiger partial charge is 0.422 e. The number of amides is 1. The van der Waals surface area contributed by atoms with E-state index in [2.05, 4.69) is 5.32 Å². The molecule has 116 valence electrons. The molecule has 0 radical (unpaired) electrons. The predicted octanol–water partition coefficient (Wildman–Crippen LogP) is 3.07. The van der Waals surface area contributed by atoms with Gasteiger partial charge in [0, 0.05) is 11.9 Å². The van der Waals surface area contributed by atoms with Crippen LogP contribution < -0.4 is 10.9 Å². The summed E-state index contributed by atoms with van der Waals surface area (Å²) in [6, 6.07) is 17.0. The summed E-state index contributed by atoms with van der Waals surface area (Å²) in [7, 11) is 0. The normalized spacial score (nSPS) is 10.7. The van der Waals surface area contributed by atoms with E-state index in [-0.39, 0.29) is 5.56 Å². The van der Waals surface area contributed by atoms with Crippen LogP contribution in [0.2, 0.25) is 0 Å². The molecule has 3 rings (SSSR count). The Morgan fingerprint density at radius 1 is 1.09 bits per heavy atom. The fourth-order valence-corrected chi connectivity index (χ4v) is 2.51. The quantitative estimate of drug-likeness (QED) is 0.754. The fourth-order valence-electron chi connectivity index (χ4n) is 2.51. The zero-order valence-electron chi connectivity index (χ0n) is 12.8. The lowest BCUT2D eigenvalue weighted by Crippen LogP contribution is -2.29. The molecule has 0 saturated heterocycles. The molecule has 4 heteroatoms. The van der Waals surface area contributed by atoms with Gasteiger partial charge in [-0.05, 0) is 30.5 Å². The van der Waals surface area contributed by atoms with E-state index in [1.807, 2.05) is 55.5 Å². The zero-order valence-corrected chi connectivity index (χ0v) is 12.8. The molecule has 0 spiro atoms. The molecule has 0 saturated carbocycles. The maximum absolute atomic E-state index is 12.2. The highest BCUT2D eigenvalue weighted by atomic mass is 16.4. The molecule has 3 aromatic rings. The lowest BCUT2D eigenvalue weighted by Gasteiger charge is -2.06. The zero-order chi connectivity index (χ0) is 16.2. The van der Waals surface area contributed by atoms with Crippen molar-refractivity contribution < 1.29 is 9.21 Å². The molecule has 0 bridgehead atoms. The van der Waals surface area contributed by atoms with Gasteiger partial charge >= 0.3 is 5.63 Å². The topological polar surface area (TPSA) is 59.3 Å². The third kappa shape index (κ3) is 3.31. The van der Waals surface area contributed by atoms with Crippen molar-refractivity contribution in [2.45, 2.75) is 13.3 Å². The molecule has 0 fully saturated rings. The van der Waals surface area contributed by atoms with Crippen molar-refractivity contribution in [1.82, 2.24) is 5.32 Å². The van der Waals surface area contributed by atoms with Gasteiger partial charge in [0.2, 0.25) is 0 Å². The Bertz CT molecular complexity index is 897. The Morgan fingerprint density at radius 3 is 2.65 bits per heavy atom. The first-order valence-corrected chi connectivity index (χ1v) is 7.51. The third-order valence-electron chi connectivity index (χ3n) is 3.74. The van der Waals surface area contributed by atoms with Crippen LogP contribution in [0.3, 0.4) is 0 Å². The minimum Gasteiger partial charge on any atom is -0.422 e. The lowest BCUT2D eigenvalue weighted by atomic mass is 10.1. The van der Waals surface area contributed by atoms with Gasteiger partial charge in [0.25, 0.3) is 5.91 Å². The Kier molecular flexibility index (Phi) is 4.24. The summed E-state index contributed by atoms with van der Waals surface area (Å²) >= 11 is 0. The van der Waals surface area contributed by atoms with Crippen LogP contribution in [0.15, 0.2) is 63.8 Å². The van der Waals surface area contributed by atoms with Crippen molar-refractivity contribution in [2.75, 3.05) is 6.54 Å². The molecular weight excluding hydrogens is 290 g/mol. The van der Waals surface area contributed by atoms with E-state index in [1.54, 1.807) is 6.07 Å². The molecule has 1 amide bonds. The number of hydrogen-bond acceptors (Lipinski definition) is 3. The highest BCUT2D eigenvalue weighted by Gasteiger charge is 2.13. The van der Waals surface area contributed by atoms with Crippen molar-refractivity contribution >= 4 is 16.9 Å². The second kappa shape index (κ2) is 6.48. The van der Waals surface area contributed by atoms with Crippen molar-refractivity contribution in [3.8, 4) is 0 Å². The van der Waals surface area contributed by atoms with Gasteiger partial charge in [-0.25, -0.2) is 4.79 Å². The van der Waals surface area contributed by atoms with Gasteiger partial charge in [0.05, 0.1) is 0 Å². The second-order valence-corrected chi connectivity index (χ2v) is 5.43. The molecular formula is C19H17NO3.